The van der Waals surface area contributed by atoms with E-state index in [2.05, 4.69) is 13.2 Å². The number of thioether (sulfide) groups is 1. The Balaban J connectivity index is 1.71. The Bertz CT molecular complexity index is 1100. The topological polar surface area (TPSA) is 87.1 Å². The Morgan fingerprint density at radius 1 is 1.26 bits per heavy atom. The van der Waals surface area contributed by atoms with Gasteiger partial charge in [-0.15, -0.1) is 24.9 Å². The molecule has 3 aliphatic heterocycles. The van der Waals surface area contributed by atoms with Gasteiger partial charge in [0, 0.05) is 22.5 Å². The number of ether oxygens (including phenoxy) is 1. The Hall–Kier alpha value is -2.29. The highest BCUT2D eigenvalue weighted by atomic mass is 35.5. The number of carbonyl (C=O) groups excluding carboxylic acids is 3. The summed E-state index contributed by atoms with van der Waals surface area (Å²) in [7, 11) is 0. The molecule has 39 heavy (non-hydrogen) atoms. The van der Waals surface area contributed by atoms with E-state index in [1.165, 1.54) is 0 Å². The molecule has 0 aliphatic carbocycles. The number of unbranched alkanes of at least 4 members (excludes halogenated alkanes) is 2. The third-order valence-electron chi connectivity index (χ3n) is 8.32. The monoisotopic (exact) mass is 574 g/mol. The Labute approximate surface area is 240 Å². The van der Waals surface area contributed by atoms with Crippen LogP contribution in [0, 0.1) is 17.8 Å². The molecule has 1 N–H and O–H groups in total. The molecule has 3 saturated heterocycles. The molecule has 7 nitrogen and oxygen atoms in total. The van der Waals surface area contributed by atoms with Crippen molar-refractivity contribution in [2.24, 2.45) is 17.8 Å². The van der Waals surface area contributed by atoms with Gasteiger partial charge in [-0.3, -0.25) is 14.4 Å². The number of esters is 1. The van der Waals surface area contributed by atoms with Crippen molar-refractivity contribution in [3.8, 4) is 0 Å². The summed E-state index contributed by atoms with van der Waals surface area (Å²) in [4.78, 5) is 45.4. The summed E-state index contributed by atoms with van der Waals surface area (Å²) in [5.74, 6) is -2.20. The van der Waals surface area contributed by atoms with Gasteiger partial charge < -0.3 is 19.6 Å². The lowest BCUT2D eigenvalue weighted by Gasteiger charge is -2.40. The largest absolute Gasteiger partial charge is 0.465 e. The maximum absolute atomic E-state index is 14.5. The van der Waals surface area contributed by atoms with Gasteiger partial charge in [-0.25, -0.2) is 0 Å². The standard InChI is InChI=1S/C30H39ClN2O5S/c1-5-7-8-9-17-38-29(37)24-23-14-15-30(39-23)25(24)27(35)33(22(18-34)19(3)4)26(30)28(36)32(16-6-2)21-12-10-20(31)11-13-21/h5-6,10-13,19,22-26,34H,1-2,7-9,14-18H2,3-4H3/t22-,23+,24-,25-,26?,30?/m0/s1. The maximum Gasteiger partial charge on any atom is 0.310 e. The van der Waals surface area contributed by atoms with E-state index < -0.39 is 28.7 Å². The number of benzene rings is 1. The number of anilines is 1. The summed E-state index contributed by atoms with van der Waals surface area (Å²) in [6.07, 6.45) is 7.34. The highest BCUT2D eigenvalue weighted by Crippen LogP contribution is 2.67. The number of carbonyl (C=O) groups is 3. The molecule has 3 fully saturated rings. The number of fused-ring (bicyclic) bond motifs is 1. The van der Waals surface area contributed by atoms with Crippen molar-refractivity contribution >= 4 is 46.8 Å². The fourth-order valence-electron chi connectivity index (χ4n) is 6.50. The second-order valence-corrected chi connectivity index (χ2v) is 13.0. The Kier molecular flexibility index (Phi) is 9.50. The number of amides is 2. The van der Waals surface area contributed by atoms with Crippen molar-refractivity contribution in [3.05, 3.63) is 54.6 Å². The number of halogens is 1. The zero-order valence-corrected chi connectivity index (χ0v) is 24.3. The van der Waals surface area contributed by atoms with E-state index in [4.69, 9.17) is 16.3 Å². The molecule has 1 aromatic rings. The number of rotatable bonds is 13. The molecule has 212 valence electrons. The third kappa shape index (κ3) is 5.40. The van der Waals surface area contributed by atoms with E-state index in [9.17, 15) is 19.5 Å². The summed E-state index contributed by atoms with van der Waals surface area (Å²) in [5, 5.41) is 10.9. The first kappa shape index (κ1) is 29.7. The fourth-order valence-corrected chi connectivity index (χ4v) is 8.81. The zero-order valence-electron chi connectivity index (χ0n) is 22.8. The van der Waals surface area contributed by atoms with Crippen LogP contribution in [0.3, 0.4) is 0 Å². The number of nitrogens with zero attached hydrogens (tertiary/aromatic N) is 2. The van der Waals surface area contributed by atoms with Gasteiger partial charge in [-0.2, -0.15) is 0 Å². The summed E-state index contributed by atoms with van der Waals surface area (Å²) >= 11 is 7.71. The zero-order chi connectivity index (χ0) is 28.3. The SMILES string of the molecule is C=CCCCCOC(=O)[C@@H]1[C@H]2C(=O)N([C@@H](CO)C(C)C)C(C(=O)N(CC=C)c3ccc(Cl)cc3)C23CC[C@H]1S3. The van der Waals surface area contributed by atoms with Crippen LogP contribution in [0.25, 0.3) is 0 Å². The third-order valence-corrected chi connectivity index (χ3v) is 10.5. The van der Waals surface area contributed by atoms with Crippen molar-refractivity contribution < 1.29 is 24.2 Å². The van der Waals surface area contributed by atoms with Crippen LogP contribution in [0.1, 0.15) is 46.0 Å². The highest BCUT2D eigenvalue weighted by molar-refractivity contribution is 8.02. The highest BCUT2D eigenvalue weighted by Gasteiger charge is 2.75. The summed E-state index contributed by atoms with van der Waals surface area (Å²) < 4.78 is 4.92. The normalized spacial score (nSPS) is 27.9. The molecule has 0 radical (unpaired) electrons. The summed E-state index contributed by atoms with van der Waals surface area (Å²) in [6.45, 7) is 11.7. The van der Waals surface area contributed by atoms with Crippen molar-refractivity contribution in [2.75, 3.05) is 24.7 Å². The van der Waals surface area contributed by atoms with Gasteiger partial charge in [-0.1, -0.05) is 37.6 Å². The van der Waals surface area contributed by atoms with Crippen LogP contribution in [-0.4, -0.2) is 69.6 Å². The Morgan fingerprint density at radius 2 is 1.97 bits per heavy atom. The van der Waals surface area contributed by atoms with Crippen molar-refractivity contribution in [3.63, 3.8) is 0 Å². The van der Waals surface area contributed by atoms with Crippen LogP contribution >= 0.6 is 23.4 Å². The van der Waals surface area contributed by atoms with Crippen LogP contribution in [0.2, 0.25) is 5.02 Å². The molecular formula is C30H39ClN2O5S. The van der Waals surface area contributed by atoms with Crippen LogP contribution in [0.5, 0.6) is 0 Å². The second-order valence-electron chi connectivity index (χ2n) is 11.0. The molecule has 2 bridgehead atoms. The summed E-state index contributed by atoms with van der Waals surface area (Å²) in [5.41, 5.74) is 0.648. The van der Waals surface area contributed by atoms with E-state index in [1.807, 2.05) is 19.9 Å². The van der Waals surface area contributed by atoms with Crippen molar-refractivity contribution in [1.82, 2.24) is 4.90 Å². The molecule has 3 aliphatic rings. The molecule has 0 saturated carbocycles. The fraction of sp³-hybridized carbons (Fsp3) is 0.567. The molecule has 3 heterocycles. The van der Waals surface area contributed by atoms with Gasteiger partial charge in [-0.05, 0) is 62.3 Å². The molecule has 1 aromatic carbocycles. The lowest BCUT2D eigenvalue weighted by molar-refractivity contribution is -0.154. The molecule has 2 amide bonds. The number of likely N-dealkylation sites (tertiary alicyclic amines) is 1. The molecular weight excluding hydrogens is 536 g/mol. The number of aliphatic hydroxyl groups excluding tert-OH is 1. The predicted octanol–water partition coefficient (Wildman–Crippen LogP) is 4.87. The quantitative estimate of drug-likeness (QED) is 0.205. The number of hydrogen-bond donors (Lipinski definition) is 1. The van der Waals surface area contributed by atoms with Crippen LogP contribution in [0.15, 0.2) is 49.6 Å². The van der Waals surface area contributed by atoms with Crippen molar-refractivity contribution in [1.29, 1.82) is 0 Å². The number of allylic oxidation sites excluding steroid dienone is 1. The second kappa shape index (κ2) is 12.5. The Morgan fingerprint density at radius 3 is 2.59 bits per heavy atom. The molecule has 2 unspecified atom stereocenters. The molecule has 6 atom stereocenters. The lowest BCUT2D eigenvalue weighted by Crippen LogP contribution is -2.58. The maximum atomic E-state index is 14.5. The van der Waals surface area contributed by atoms with Gasteiger partial charge in [0.15, 0.2) is 0 Å². The smallest absolute Gasteiger partial charge is 0.310 e. The predicted molar refractivity (Wildman–Crippen MR) is 156 cm³/mol. The van der Waals surface area contributed by atoms with Crippen molar-refractivity contribution in [2.45, 2.75) is 68.0 Å². The molecule has 4 rings (SSSR count). The van der Waals surface area contributed by atoms with Crippen LogP contribution in [-0.2, 0) is 19.1 Å². The first-order valence-electron chi connectivity index (χ1n) is 13.8. The van der Waals surface area contributed by atoms with Gasteiger partial charge in [0.2, 0.25) is 5.91 Å². The van der Waals surface area contributed by atoms with E-state index in [0.717, 1.165) is 25.7 Å². The summed E-state index contributed by atoms with van der Waals surface area (Å²) in [6, 6.07) is 5.61. The van der Waals surface area contributed by atoms with Gasteiger partial charge in [0.25, 0.3) is 5.91 Å². The minimum Gasteiger partial charge on any atom is -0.465 e. The van der Waals surface area contributed by atoms with Gasteiger partial charge >= 0.3 is 5.97 Å². The molecule has 9 heteroatoms. The number of aliphatic hydroxyl groups is 1. The van der Waals surface area contributed by atoms with E-state index in [0.29, 0.717) is 23.7 Å². The van der Waals surface area contributed by atoms with Crippen LogP contribution in [0.4, 0.5) is 5.69 Å². The number of hydrogen-bond acceptors (Lipinski definition) is 6. The average Bonchev–Trinajstić information content (AvgIpc) is 3.55. The van der Waals surface area contributed by atoms with E-state index in [1.54, 1.807) is 51.9 Å². The first-order valence-corrected chi connectivity index (χ1v) is 15.0. The molecule has 0 aromatic heterocycles. The van der Waals surface area contributed by atoms with Gasteiger partial charge in [0.1, 0.15) is 6.04 Å². The molecule has 1 spiro atoms. The average molecular weight is 575 g/mol. The van der Waals surface area contributed by atoms with Crippen LogP contribution < -0.4 is 4.90 Å². The van der Waals surface area contributed by atoms with Gasteiger partial charge in [0.05, 0.1) is 35.8 Å². The lowest BCUT2D eigenvalue weighted by atomic mass is 9.71. The first-order chi connectivity index (χ1) is 18.7. The minimum atomic E-state index is -0.828. The van der Waals surface area contributed by atoms with E-state index in [-0.39, 0.29) is 42.1 Å². The van der Waals surface area contributed by atoms with E-state index >= 15 is 0 Å². The minimum absolute atomic E-state index is 0.0768.